The van der Waals surface area contributed by atoms with E-state index in [0.29, 0.717) is 12.4 Å². The van der Waals surface area contributed by atoms with Crippen LogP contribution in [0.4, 0.5) is 0 Å². The minimum absolute atomic E-state index is 0.131. The highest BCUT2D eigenvalue weighted by Gasteiger charge is 2.37. The van der Waals surface area contributed by atoms with E-state index < -0.39 is 10.0 Å². The van der Waals surface area contributed by atoms with Crippen molar-refractivity contribution in [2.24, 2.45) is 0 Å². The first-order valence-corrected chi connectivity index (χ1v) is 6.64. The van der Waals surface area contributed by atoms with Gasteiger partial charge in [-0.2, -0.15) is 4.31 Å². The van der Waals surface area contributed by atoms with E-state index in [2.05, 4.69) is 16.5 Å². The van der Waals surface area contributed by atoms with Crippen molar-refractivity contribution in [1.82, 2.24) is 14.3 Å². The Morgan fingerprint density at radius 3 is 2.81 bits per heavy atom. The van der Waals surface area contributed by atoms with Gasteiger partial charge < -0.3 is 4.98 Å². The molecular formula is C10H15N3O2S. The molecule has 1 aliphatic carbocycles. The number of rotatable bonds is 5. The number of hydrogen-bond acceptors (Lipinski definition) is 3. The molecule has 1 aliphatic rings. The number of aromatic nitrogens is 2. The Morgan fingerprint density at radius 1 is 1.69 bits per heavy atom. The van der Waals surface area contributed by atoms with Crippen LogP contribution in [0.2, 0.25) is 0 Å². The Labute approximate surface area is 95.2 Å². The summed E-state index contributed by atoms with van der Waals surface area (Å²) in [5.74, 6) is 0.605. The lowest BCUT2D eigenvalue weighted by Crippen LogP contribution is -2.33. The van der Waals surface area contributed by atoms with Gasteiger partial charge in [0.2, 0.25) is 0 Å². The highest BCUT2D eigenvalue weighted by atomic mass is 32.2. The van der Waals surface area contributed by atoms with Gasteiger partial charge in [0.25, 0.3) is 10.0 Å². The van der Waals surface area contributed by atoms with Crippen molar-refractivity contribution in [1.29, 1.82) is 0 Å². The highest BCUT2D eigenvalue weighted by Crippen LogP contribution is 2.31. The molecule has 0 unspecified atom stereocenters. The third-order valence-corrected chi connectivity index (χ3v) is 4.36. The Bertz CT molecular complexity index is 488. The fourth-order valence-electron chi connectivity index (χ4n) is 1.59. The van der Waals surface area contributed by atoms with Crippen LogP contribution in [0.3, 0.4) is 0 Å². The Balaban J connectivity index is 2.32. The van der Waals surface area contributed by atoms with Crippen LogP contribution in [-0.2, 0) is 10.0 Å². The van der Waals surface area contributed by atoms with Crippen molar-refractivity contribution in [2.75, 3.05) is 6.54 Å². The molecule has 0 amide bonds. The molecule has 0 spiro atoms. The van der Waals surface area contributed by atoms with Gasteiger partial charge in [0.1, 0.15) is 5.82 Å². The van der Waals surface area contributed by atoms with Crippen molar-refractivity contribution in [3.8, 4) is 0 Å². The summed E-state index contributed by atoms with van der Waals surface area (Å²) in [6.07, 6.45) is 4.84. The first-order chi connectivity index (χ1) is 7.55. The third kappa shape index (κ3) is 2.03. The predicted octanol–water partition coefficient (Wildman–Crippen LogP) is 1.06. The van der Waals surface area contributed by atoms with Gasteiger partial charge in [0.15, 0.2) is 5.03 Å². The first kappa shape index (κ1) is 11.3. The molecule has 5 nitrogen and oxygen atoms in total. The summed E-state index contributed by atoms with van der Waals surface area (Å²) >= 11 is 0. The molecule has 1 heterocycles. The molecule has 1 saturated carbocycles. The van der Waals surface area contributed by atoms with E-state index in [4.69, 9.17) is 0 Å². The molecule has 0 atom stereocenters. The molecule has 0 bridgehead atoms. The van der Waals surface area contributed by atoms with Crippen LogP contribution < -0.4 is 0 Å². The van der Waals surface area contributed by atoms with E-state index in [1.807, 2.05) is 0 Å². The molecule has 0 radical (unpaired) electrons. The Kier molecular flexibility index (Phi) is 2.86. The van der Waals surface area contributed by atoms with Crippen LogP contribution in [0.5, 0.6) is 0 Å². The maximum Gasteiger partial charge on any atom is 0.260 e. The molecule has 16 heavy (non-hydrogen) atoms. The number of imidazole rings is 1. The number of sulfonamides is 1. The van der Waals surface area contributed by atoms with Crippen LogP contribution >= 0.6 is 0 Å². The summed E-state index contributed by atoms with van der Waals surface area (Å²) in [5.41, 5.74) is 0. The van der Waals surface area contributed by atoms with Gasteiger partial charge in [-0.3, -0.25) is 0 Å². The van der Waals surface area contributed by atoms with E-state index in [-0.39, 0.29) is 11.1 Å². The summed E-state index contributed by atoms with van der Waals surface area (Å²) in [6.45, 7) is 5.67. The number of aryl methyl sites for hydroxylation is 1. The predicted molar refractivity (Wildman–Crippen MR) is 60.4 cm³/mol. The standard InChI is InChI=1S/C10H15N3O2S/c1-3-6-13(9-4-5-9)16(14,15)10-7-11-8(2)12-10/h3,7,9H,1,4-6H2,2H3,(H,11,12). The fourth-order valence-corrected chi connectivity index (χ4v) is 3.21. The summed E-state index contributed by atoms with van der Waals surface area (Å²) in [4.78, 5) is 6.68. The SMILES string of the molecule is C=CCN(C1CC1)S(=O)(=O)c1cnc(C)[nH]1. The maximum atomic E-state index is 12.2. The van der Waals surface area contributed by atoms with Gasteiger partial charge >= 0.3 is 0 Å². The zero-order chi connectivity index (χ0) is 11.8. The van der Waals surface area contributed by atoms with Crippen LogP contribution in [0.1, 0.15) is 18.7 Å². The number of H-pyrrole nitrogens is 1. The third-order valence-electron chi connectivity index (χ3n) is 2.53. The molecule has 0 aliphatic heterocycles. The molecule has 0 aromatic carbocycles. The van der Waals surface area contributed by atoms with E-state index >= 15 is 0 Å². The number of nitrogens with one attached hydrogen (secondary N) is 1. The van der Waals surface area contributed by atoms with Gasteiger partial charge in [-0.15, -0.1) is 6.58 Å². The molecule has 1 aromatic rings. The van der Waals surface area contributed by atoms with E-state index in [1.165, 1.54) is 10.5 Å². The number of nitrogens with zero attached hydrogens (tertiary/aromatic N) is 2. The minimum atomic E-state index is -3.44. The zero-order valence-corrected chi connectivity index (χ0v) is 10.00. The molecule has 0 saturated heterocycles. The first-order valence-electron chi connectivity index (χ1n) is 5.20. The average molecular weight is 241 g/mol. The smallest absolute Gasteiger partial charge is 0.260 e. The van der Waals surface area contributed by atoms with E-state index in [9.17, 15) is 8.42 Å². The molecule has 1 fully saturated rings. The van der Waals surface area contributed by atoms with E-state index in [0.717, 1.165) is 12.8 Å². The van der Waals surface area contributed by atoms with Crippen molar-refractivity contribution in [2.45, 2.75) is 30.8 Å². The van der Waals surface area contributed by atoms with Crippen LogP contribution in [0, 0.1) is 6.92 Å². The van der Waals surface area contributed by atoms with Crippen molar-refractivity contribution in [3.63, 3.8) is 0 Å². The normalized spacial score (nSPS) is 16.6. The van der Waals surface area contributed by atoms with Gasteiger partial charge in [-0.25, -0.2) is 13.4 Å². The lowest BCUT2D eigenvalue weighted by molar-refractivity contribution is 0.434. The van der Waals surface area contributed by atoms with Crippen molar-refractivity contribution in [3.05, 3.63) is 24.7 Å². The van der Waals surface area contributed by atoms with Crippen LogP contribution in [-0.4, -0.2) is 35.3 Å². The van der Waals surface area contributed by atoms with Gasteiger partial charge in [0.05, 0.1) is 6.20 Å². The van der Waals surface area contributed by atoms with Gasteiger partial charge in [-0.05, 0) is 19.8 Å². The number of hydrogen-bond donors (Lipinski definition) is 1. The summed E-state index contributed by atoms with van der Waals surface area (Å²) in [7, 11) is -3.44. The average Bonchev–Trinajstić information content (AvgIpc) is 2.96. The Morgan fingerprint density at radius 2 is 2.38 bits per heavy atom. The minimum Gasteiger partial charge on any atom is -0.332 e. The molecule has 1 N–H and O–H groups in total. The zero-order valence-electron chi connectivity index (χ0n) is 9.18. The van der Waals surface area contributed by atoms with Crippen LogP contribution in [0.25, 0.3) is 0 Å². The largest absolute Gasteiger partial charge is 0.332 e. The summed E-state index contributed by atoms with van der Waals surface area (Å²) in [6, 6.07) is 0.131. The quantitative estimate of drug-likeness (QED) is 0.784. The topological polar surface area (TPSA) is 66.1 Å². The monoisotopic (exact) mass is 241 g/mol. The second-order valence-electron chi connectivity index (χ2n) is 3.93. The molecule has 1 aromatic heterocycles. The summed E-state index contributed by atoms with van der Waals surface area (Å²) < 4.78 is 25.9. The van der Waals surface area contributed by atoms with Crippen molar-refractivity contribution < 1.29 is 8.42 Å². The molecule has 2 rings (SSSR count). The van der Waals surface area contributed by atoms with E-state index in [1.54, 1.807) is 13.0 Å². The molecule has 88 valence electrons. The number of aromatic amines is 1. The fraction of sp³-hybridized carbons (Fsp3) is 0.500. The Hall–Kier alpha value is -1.14. The highest BCUT2D eigenvalue weighted by molar-refractivity contribution is 7.89. The maximum absolute atomic E-state index is 12.2. The summed E-state index contributed by atoms with van der Waals surface area (Å²) in [5, 5.41) is 0.166. The van der Waals surface area contributed by atoms with Gasteiger partial charge in [0, 0.05) is 12.6 Å². The second kappa shape index (κ2) is 4.03. The molecule has 6 heteroatoms. The van der Waals surface area contributed by atoms with Gasteiger partial charge in [-0.1, -0.05) is 6.08 Å². The van der Waals surface area contributed by atoms with Crippen LogP contribution in [0.15, 0.2) is 23.9 Å². The second-order valence-corrected chi connectivity index (χ2v) is 5.79. The lowest BCUT2D eigenvalue weighted by Gasteiger charge is -2.18. The van der Waals surface area contributed by atoms with Crippen molar-refractivity contribution >= 4 is 10.0 Å². The lowest BCUT2D eigenvalue weighted by atomic mass is 10.6. The molecular weight excluding hydrogens is 226 g/mol.